The molecule has 12 heteroatoms. The maximum atomic E-state index is 13.5. The SMILES string of the molecule is CCOC(=O)C(c1cccc(C)c1)n1cnc(NC(=O)C(COCc2ccccc2)NC(=O)C(C)(C)NC(=O)OC(C)(C)C)c1. The van der Waals surface area contributed by atoms with Crippen LogP contribution < -0.4 is 16.0 Å². The molecule has 0 saturated heterocycles. The van der Waals surface area contributed by atoms with Crippen LogP contribution >= 0.6 is 0 Å². The van der Waals surface area contributed by atoms with Crippen LogP contribution in [0.4, 0.5) is 10.6 Å². The summed E-state index contributed by atoms with van der Waals surface area (Å²) >= 11 is 0. The first-order valence-electron chi connectivity index (χ1n) is 14.7. The molecule has 2 atom stereocenters. The first kappa shape index (κ1) is 34.8. The molecule has 3 amide bonds. The summed E-state index contributed by atoms with van der Waals surface area (Å²) in [6, 6.07) is 14.8. The van der Waals surface area contributed by atoms with Gasteiger partial charge in [0.1, 0.15) is 17.2 Å². The Bertz CT molecular complexity index is 1460. The van der Waals surface area contributed by atoms with E-state index >= 15 is 0 Å². The summed E-state index contributed by atoms with van der Waals surface area (Å²) in [4.78, 5) is 56.4. The van der Waals surface area contributed by atoms with Gasteiger partial charge in [-0.1, -0.05) is 60.2 Å². The second-order valence-corrected chi connectivity index (χ2v) is 12.0. The summed E-state index contributed by atoms with van der Waals surface area (Å²) in [6.07, 6.45) is 2.16. The number of carbonyl (C=O) groups is 4. The fraction of sp³-hybridized carbons (Fsp3) is 0.424. The highest BCUT2D eigenvalue weighted by Crippen LogP contribution is 2.23. The molecule has 3 rings (SSSR count). The lowest BCUT2D eigenvalue weighted by Crippen LogP contribution is -2.59. The van der Waals surface area contributed by atoms with E-state index in [1.807, 2.05) is 61.5 Å². The van der Waals surface area contributed by atoms with Crippen LogP contribution in [0, 0.1) is 6.92 Å². The normalized spacial score (nSPS) is 12.9. The van der Waals surface area contributed by atoms with Gasteiger partial charge < -0.3 is 34.7 Å². The number of anilines is 1. The van der Waals surface area contributed by atoms with Crippen LogP contribution in [0.5, 0.6) is 0 Å². The standard InChI is InChI=1S/C33H43N5O7/c1-8-44-29(40)27(24-16-12-13-22(2)17-24)38-18-26(34-21-38)36-28(39)25(20-43-19-23-14-10-9-11-15-23)35-30(41)33(6,7)37-31(42)45-32(3,4)5/h9-18,21,25,27H,8,19-20H2,1-7H3,(H,35,41)(H,36,39)(H,37,42). The minimum Gasteiger partial charge on any atom is -0.464 e. The highest BCUT2D eigenvalue weighted by molar-refractivity contribution is 5.98. The molecule has 0 saturated carbocycles. The highest BCUT2D eigenvalue weighted by atomic mass is 16.6. The van der Waals surface area contributed by atoms with Crippen molar-refractivity contribution >= 4 is 29.7 Å². The number of aryl methyl sites for hydroxylation is 1. The van der Waals surface area contributed by atoms with Crippen LogP contribution in [0.2, 0.25) is 0 Å². The number of nitrogens with one attached hydrogen (secondary N) is 3. The number of carbonyl (C=O) groups excluding carboxylic acids is 4. The second kappa shape index (κ2) is 15.3. The van der Waals surface area contributed by atoms with Gasteiger partial charge in [0.25, 0.3) is 5.91 Å². The van der Waals surface area contributed by atoms with Gasteiger partial charge in [-0.25, -0.2) is 14.6 Å². The Morgan fingerprint density at radius 3 is 2.33 bits per heavy atom. The molecule has 0 spiro atoms. The Labute approximate surface area is 263 Å². The molecule has 0 radical (unpaired) electrons. The van der Waals surface area contributed by atoms with Crippen molar-refractivity contribution in [3.05, 3.63) is 83.8 Å². The predicted molar refractivity (Wildman–Crippen MR) is 168 cm³/mol. The number of aromatic nitrogens is 2. The zero-order valence-electron chi connectivity index (χ0n) is 26.9. The quantitative estimate of drug-likeness (QED) is 0.239. The summed E-state index contributed by atoms with van der Waals surface area (Å²) < 4.78 is 17.9. The smallest absolute Gasteiger partial charge is 0.408 e. The fourth-order valence-corrected chi connectivity index (χ4v) is 4.25. The maximum absolute atomic E-state index is 13.5. The van der Waals surface area contributed by atoms with Gasteiger partial charge in [0.05, 0.1) is 26.1 Å². The summed E-state index contributed by atoms with van der Waals surface area (Å²) in [5.41, 5.74) is 0.355. The molecule has 3 aromatic rings. The van der Waals surface area contributed by atoms with E-state index in [1.165, 1.54) is 26.4 Å². The van der Waals surface area contributed by atoms with E-state index in [9.17, 15) is 19.2 Å². The Kier molecular flexibility index (Phi) is 11.9. The van der Waals surface area contributed by atoms with E-state index in [-0.39, 0.29) is 25.6 Å². The molecular formula is C33H43N5O7. The number of nitrogens with zero attached hydrogens (tertiary/aromatic N) is 2. The molecule has 45 heavy (non-hydrogen) atoms. The van der Waals surface area contributed by atoms with E-state index < -0.39 is 47.1 Å². The predicted octanol–water partition coefficient (Wildman–Crippen LogP) is 4.29. The third-order valence-corrected chi connectivity index (χ3v) is 6.42. The van der Waals surface area contributed by atoms with Crippen molar-refractivity contribution in [3.63, 3.8) is 0 Å². The lowest BCUT2D eigenvalue weighted by atomic mass is 10.0. The van der Waals surface area contributed by atoms with E-state index in [0.29, 0.717) is 5.56 Å². The molecule has 0 aliphatic carbocycles. The van der Waals surface area contributed by atoms with Crippen molar-refractivity contribution in [3.8, 4) is 0 Å². The first-order chi connectivity index (χ1) is 21.2. The van der Waals surface area contributed by atoms with Gasteiger partial charge in [-0.2, -0.15) is 0 Å². The fourth-order valence-electron chi connectivity index (χ4n) is 4.25. The molecular weight excluding hydrogens is 578 g/mol. The molecule has 1 aromatic heterocycles. The van der Waals surface area contributed by atoms with Crippen LogP contribution in [0.1, 0.15) is 64.3 Å². The van der Waals surface area contributed by atoms with Crippen LogP contribution in [-0.2, 0) is 35.2 Å². The Balaban J connectivity index is 1.79. The van der Waals surface area contributed by atoms with E-state index in [1.54, 1.807) is 32.3 Å². The van der Waals surface area contributed by atoms with Crippen molar-refractivity contribution < 1.29 is 33.4 Å². The highest BCUT2D eigenvalue weighted by Gasteiger charge is 2.35. The van der Waals surface area contributed by atoms with E-state index in [0.717, 1.165) is 11.1 Å². The Morgan fingerprint density at radius 2 is 1.69 bits per heavy atom. The van der Waals surface area contributed by atoms with Crippen LogP contribution in [-0.4, -0.2) is 63.8 Å². The number of imidazole rings is 1. The topological polar surface area (TPSA) is 150 Å². The van der Waals surface area contributed by atoms with Crippen LogP contribution in [0.3, 0.4) is 0 Å². The number of hydrogen-bond acceptors (Lipinski definition) is 8. The van der Waals surface area contributed by atoms with Crippen LogP contribution in [0.25, 0.3) is 0 Å². The minimum atomic E-state index is -1.43. The number of esters is 1. The molecule has 0 aliphatic rings. The third kappa shape index (κ3) is 10.8. The summed E-state index contributed by atoms with van der Waals surface area (Å²) in [6.45, 7) is 12.0. The molecule has 2 aromatic carbocycles. The minimum absolute atomic E-state index is 0.149. The summed E-state index contributed by atoms with van der Waals surface area (Å²) in [5.74, 6) is -1.57. The maximum Gasteiger partial charge on any atom is 0.408 e. The van der Waals surface area contributed by atoms with Crippen molar-refractivity contribution in [1.82, 2.24) is 20.2 Å². The molecule has 2 unspecified atom stereocenters. The van der Waals surface area contributed by atoms with Crippen molar-refractivity contribution in [2.75, 3.05) is 18.5 Å². The number of amides is 3. The van der Waals surface area contributed by atoms with Gasteiger partial charge in [-0.3, -0.25) is 9.59 Å². The largest absolute Gasteiger partial charge is 0.464 e. The molecule has 0 fully saturated rings. The van der Waals surface area contributed by atoms with Gasteiger partial charge in [0.2, 0.25) is 5.91 Å². The van der Waals surface area contributed by atoms with Crippen molar-refractivity contribution in [1.29, 1.82) is 0 Å². The van der Waals surface area contributed by atoms with Gasteiger partial charge in [0, 0.05) is 6.20 Å². The zero-order chi connectivity index (χ0) is 33.2. The first-order valence-corrected chi connectivity index (χ1v) is 14.7. The summed E-state index contributed by atoms with van der Waals surface area (Å²) in [5, 5.41) is 7.91. The average Bonchev–Trinajstić information content (AvgIpc) is 3.39. The van der Waals surface area contributed by atoms with E-state index in [4.69, 9.17) is 14.2 Å². The average molecular weight is 622 g/mol. The van der Waals surface area contributed by atoms with Gasteiger partial charge in [-0.05, 0) is 59.6 Å². The molecule has 12 nitrogen and oxygen atoms in total. The number of rotatable bonds is 13. The van der Waals surface area contributed by atoms with Gasteiger partial charge in [0.15, 0.2) is 11.9 Å². The monoisotopic (exact) mass is 621 g/mol. The van der Waals surface area contributed by atoms with Gasteiger partial charge >= 0.3 is 12.1 Å². The lowest BCUT2D eigenvalue weighted by molar-refractivity contribution is -0.145. The number of ether oxygens (including phenoxy) is 3. The molecule has 242 valence electrons. The van der Waals surface area contributed by atoms with E-state index in [2.05, 4.69) is 20.9 Å². The van der Waals surface area contributed by atoms with Crippen molar-refractivity contribution in [2.24, 2.45) is 0 Å². The number of hydrogen-bond donors (Lipinski definition) is 3. The van der Waals surface area contributed by atoms with Gasteiger partial charge in [-0.15, -0.1) is 0 Å². The molecule has 3 N–H and O–H groups in total. The number of alkyl carbamates (subject to hydrolysis) is 1. The Hall–Kier alpha value is -4.71. The molecule has 0 bridgehead atoms. The molecule has 1 heterocycles. The lowest BCUT2D eigenvalue weighted by Gasteiger charge is -2.29. The second-order valence-electron chi connectivity index (χ2n) is 12.0. The third-order valence-electron chi connectivity index (χ3n) is 6.42. The molecule has 0 aliphatic heterocycles. The summed E-state index contributed by atoms with van der Waals surface area (Å²) in [7, 11) is 0. The Morgan fingerprint density at radius 1 is 0.978 bits per heavy atom. The number of benzene rings is 2. The zero-order valence-corrected chi connectivity index (χ0v) is 26.9. The van der Waals surface area contributed by atoms with Crippen molar-refractivity contribution in [2.45, 2.75) is 78.3 Å². The van der Waals surface area contributed by atoms with Crippen LogP contribution in [0.15, 0.2) is 67.1 Å².